The van der Waals surface area contributed by atoms with Crippen molar-refractivity contribution in [2.45, 2.75) is 25.3 Å². The third-order valence-corrected chi connectivity index (χ3v) is 3.07. The van der Waals surface area contributed by atoms with Crippen LogP contribution >= 0.6 is 11.6 Å². The lowest BCUT2D eigenvalue weighted by atomic mass is 10.1. The number of carboxylic acids is 1. The summed E-state index contributed by atoms with van der Waals surface area (Å²) in [5.74, 6) is -3.34. The fourth-order valence-electron chi connectivity index (χ4n) is 1.65. The zero-order chi connectivity index (χ0) is 16.0. The zero-order valence-corrected chi connectivity index (χ0v) is 11.7. The standard InChI is InChI=1S/C13H14ClFN2O4/c14-8-2-1-3-9(15)7(8)6-12(19)17-10(13(20)21)4-5-11(16)18/h1-3,10H,4-6H2,(H2,16,18)(H,17,19)(H,20,21)/t10-/m0/s1. The Morgan fingerprint density at radius 2 is 2.05 bits per heavy atom. The number of hydrogen-bond donors (Lipinski definition) is 3. The van der Waals surface area contributed by atoms with Gasteiger partial charge in [-0.05, 0) is 18.6 Å². The number of carbonyl (C=O) groups is 3. The molecule has 6 nitrogen and oxygen atoms in total. The molecule has 0 aliphatic carbocycles. The summed E-state index contributed by atoms with van der Waals surface area (Å²) in [5, 5.41) is 11.2. The van der Waals surface area contributed by atoms with E-state index in [-0.39, 0.29) is 23.4 Å². The SMILES string of the molecule is NC(=O)CC[C@H](NC(=O)Cc1c(F)cccc1Cl)C(=O)O. The van der Waals surface area contributed by atoms with E-state index in [9.17, 15) is 18.8 Å². The number of benzene rings is 1. The van der Waals surface area contributed by atoms with Crippen LogP contribution in [-0.2, 0) is 20.8 Å². The highest BCUT2D eigenvalue weighted by Crippen LogP contribution is 2.19. The van der Waals surface area contributed by atoms with E-state index < -0.39 is 36.1 Å². The van der Waals surface area contributed by atoms with Gasteiger partial charge in [0.2, 0.25) is 11.8 Å². The lowest BCUT2D eigenvalue weighted by molar-refractivity contribution is -0.142. The molecule has 4 N–H and O–H groups in total. The Morgan fingerprint density at radius 3 is 2.57 bits per heavy atom. The molecule has 0 saturated heterocycles. The maximum atomic E-state index is 13.5. The smallest absolute Gasteiger partial charge is 0.326 e. The molecule has 1 rings (SSSR count). The van der Waals surface area contributed by atoms with Crippen molar-refractivity contribution < 1.29 is 23.9 Å². The first-order valence-electron chi connectivity index (χ1n) is 6.04. The fraction of sp³-hybridized carbons (Fsp3) is 0.308. The van der Waals surface area contributed by atoms with Crippen LogP contribution in [0.1, 0.15) is 18.4 Å². The second-order valence-electron chi connectivity index (χ2n) is 4.34. The van der Waals surface area contributed by atoms with E-state index in [1.54, 1.807) is 0 Å². The summed E-state index contributed by atoms with van der Waals surface area (Å²) in [6, 6.07) is 2.70. The molecule has 0 unspecified atom stereocenters. The Morgan fingerprint density at radius 1 is 1.38 bits per heavy atom. The van der Waals surface area contributed by atoms with Crippen LogP contribution in [-0.4, -0.2) is 28.9 Å². The summed E-state index contributed by atoms with van der Waals surface area (Å²) in [7, 11) is 0. The van der Waals surface area contributed by atoms with Gasteiger partial charge in [-0.15, -0.1) is 0 Å². The molecule has 0 radical (unpaired) electrons. The highest BCUT2D eigenvalue weighted by Gasteiger charge is 2.21. The number of hydrogen-bond acceptors (Lipinski definition) is 3. The lowest BCUT2D eigenvalue weighted by Gasteiger charge is -2.14. The van der Waals surface area contributed by atoms with Gasteiger partial charge in [0.1, 0.15) is 11.9 Å². The van der Waals surface area contributed by atoms with Crippen LogP contribution in [0.15, 0.2) is 18.2 Å². The van der Waals surface area contributed by atoms with Crippen LogP contribution < -0.4 is 11.1 Å². The second kappa shape index (κ2) is 7.58. The van der Waals surface area contributed by atoms with Crippen molar-refractivity contribution in [1.29, 1.82) is 0 Å². The second-order valence-corrected chi connectivity index (χ2v) is 4.75. The van der Waals surface area contributed by atoms with Crippen LogP contribution in [0.3, 0.4) is 0 Å². The summed E-state index contributed by atoms with van der Waals surface area (Å²) >= 11 is 5.78. The summed E-state index contributed by atoms with van der Waals surface area (Å²) in [6.07, 6.45) is -0.717. The number of rotatable bonds is 7. The molecular formula is C13H14ClFN2O4. The number of nitrogens with one attached hydrogen (secondary N) is 1. The van der Waals surface area contributed by atoms with E-state index in [4.69, 9.17) is 22.4 Å². The number of carboxylic acid groups (broad SMARTS) is 1. The molecule has 1 aromatic rings. The molecule has 8 heteroatoms. The average Bonchev–Trinajstić information content (AvgIpc) is 2.38. The predicted molar refractivity (Wildman–Crippen MR) is 73.1 cm³/mol. The van der Waals surface area contributed by atoms with Crippen LogP contribution in [0.2, 0.25) is 5.02 Å². The van der Waals surface area contributed by atoms with Gasteiger partial charge in [0.05, 0.1) is 6.42 Å². The first-order valence-corrected chi connectivity index (χ1v) is 6.42. The van der Waals surface area contributed by atoms with Crippen LogP contribution in [0.25, 0.3) is 0 Å². The number of amides is 2. The minimum atomic E-state index is -1.30. The molecule has 21 heavy (non-hydrogen) atoms. The van der Waals surface area contributed by atoms with Gasteiger partial charge in [-0.25, -0.2) is 9.18 Å². The van der Waals surface area contributed by atoms with Gasteiger partial charge in [0.15, 0.2) is 0 Å². The van der Waals surface area contributed by atoms with Gasteiger partial charge in [0, 0.05) is 17.0 Å². The minimum absolute atomic E-state index is 0.0179. The van der Waals surface area contributed by atoms with E-state index >= 15 is 0 Å². The molecule has 1 atom stereocenters. The number of halogens is 2. The van der Waals surface area contributed by atoms with E-state index in [0.29, 0.717) is 0 Å². The Labute approximate surface area is 125 Å². The normalized spacial score (nSPS) is 11.7. The number of nitrogens with two attached hydrogens (primary N) is 1. The first kappa shape index (κ1) is 16.9. The van der Waals surface area contributed by atoms with Crippen molar-refractivity contribution in [2.75, 3.05) is 0 Å². The zero-order valence-electron chi connectivity index (χ0n) is 10.9. The largest absolute Gasteiger partial charge is 0.480 e. The van der Waals surface area contributed by atoms with Gasteiger partial charge >= 0.3 is 5.97 Å². The topological polar surface area (TPSA) is 109 Å². The molecule has 0 aliphatic heterocycles. The molecule has 0 aromatic heterocycles. The quantitative estimate of drug-likeness (QED) is 0.693. The average molecular weight is 317 g/mol. The molecule has 0 bridgehead atoms. The first-order chi connectivity index (χ1) is 9.81. The molecule has 0 fully saturated rings. The molecule has 2 amide bonds. The van der Waals surface area contributed by atoms with E-state index in [0.717, 1.165) is 6.07 Å². The highest BCUT2D eigenvalue weighted by atomic mass is 35.5. The molecule has 0 heterocycles. The lowest BCUT2D eigenvalue weighted by Crippen LogP contribution is -2.42. The third kappa shape index (κ3) is 5.39. The summed E-state index contributed by atoms with van der Waals surface area (Å²) < 4.78 is 13.5. The molecule has 1 aromatic carbocycles. The van der Waals surface area contributed by atoms with E-state index in [1.807, 2.05) is 0 Å². The number of carbonyl (C=O) groups excluding carboxylic acids is 2. The summed E-state index contributed by atoms with van der Waals surface area (Å²) in [5.41, 5.74) is 4.91. The van der Waals surface area contributed by atoms with Gasteiger partial charge in [0.25, 0.3) is 0 Å². The van der Waals surface area contributed by atoms with Crippen molar-refractivity contribution in [2.24, 2.45) is 5.73 Å². The summed E-state index contributed by atoms with van der Waals surface area (Å²) in [6.45, 7) is 0. The number of primary amides is 1. The van der Waals surface area contributed by atoms with Crippen molar-refractivity contribution >= 4 is 29.4 Å². The van der Waals surface area contributed by atoms with Crippen molar-refractivity contribution in [3.63, 3.8) is 0 Å². The molecular weight excluding hydrogens is 303 g/mol. The molecule has 0 aliphatic rings. The Balaban J connectivity index is 2.70. The monoisotopic (exact) mass is 316 g/mol. The maximum Gasteiger partial charge on any atom is 0.326 e. The Kier molecular flexibility index (Phi) is 6.10. The Bertz CT molecular complexity index is 545. The molecule has 114 valence electrons. The molecule has 0 saturated carbocycles. The minimum Gasteiger partial charge on any atom is -0.480 e. The Hall–Kier alpha value is -2.15. The van der Waals surface area contributed by atoms with Crippen LogP contribution in [0.5, 0.6) is 0 Å². The van der Waals surface area contributed by atoms with Gasteiger partial charge in [-0.1, -0.05) is 17.7 Å². The van der Waals surface area contributed by atoms with Crippen molar-refractivity contribution in [1.82, 2.24) is 5.32 Å². The highest BCUT2D eigenvalue weighted by molar-refractivity contribution is 6.31. The summed E-state index contributed by atoms with van der Waals surface area (Å²) in [4.78, 5) is 33.4. The molecule has 0 spiro atoms. The van der Waals surface area contributed by atoms with Gasteiger partial charge in [-0.2, -0.15) is 0 Å². The van der Waals surface area contributed by atoms with Crippen LogP contribution in [0.4, 0.5) is 4.39 Å². The van der Waals surface area contributed by atoms with Crippen molar-refractivity contribution in [3.8, 4) is 0 Å². The van der Waals surface area contributed by atoms with Crippen molar-refractivity contribution in [3.05, 3.63) is 34.6 Å². The van der Waals surface area contributed by atoms with Gasteiger partial charge < -0.3 is 16.2 Å². The maximum absolute atomic E-state index is 13.5. The number of aliphatic carboxylic acids is 1. The van der Waals surface area contributed by atoms with E-state index in [2.05, 4.69) is 5.32 Å². The van der Waals surface area contributed by atoms with Gasteiger partial charge in [-0.3, -0.25) is 9.59 Å². The third-order valence-electron chi connectivity index (χ3n) is 2.71. The fourth-order valence-corrected chi connectivity index (χ4v) is 1.88. The predicted octanol–water partition coefficient (Wildman–Crippen LogP) is 0.856. The van der Waals surface area contributed by atoms with E-state index in [1.165, 1.54) is 12.1 Å². The van der Waals surface area contributed by atoms with Crippen LogP contribution in [0, 0.1) is 5.82 Å².